The first-order valence-corrected chi connectivity index (χ1v) is 9.07. The molecule has 0 bridgehead atoms. The van der Waals surface area contributed by atoms with Gasteiger partial charge in [0.1, 0.15) is 17.3 Å². The van der Waals surface area contributed by atoms with Gasteiger partial charge in [-0.05, 0) is 49.6 Å². The van der Waals surface area contributed by atoms with E-state index in [-0.39, 0.29) is 5.75 Å². The highest BCUT2D eigenvalue weighted by atomic mass is 16.3. The zero-order valence-electron chi connectivity index (χ0n) is 15.7. The molecular formula is C22H22N4O. The van der Waals surface area contributed by atoms with Crippen LogP contribution in [-0.4, -0.2) is 19.5 Å². The summed E-state index contributed by atoms with van der Waals surface area (Å²) in [5.41, 5.74) is 5.89. The van der Waals surface area contributed by atoms with E-state index in [0.29, 0.717) is 17.0 Å². The van der Waals surface area contributed by atoms with Gasteiger partial charge >= 0.3 is 0 Å². The lowest BCUT2D eigenvalue weighted by Gasteiger charge is -2.15. The number of anilines is 2. The molecule has 4 aromatic rings. The van der Waals surface area contributed by atoms with Crippen LogP contribution in [0.2, 0.25) is 0 Å². The molecule has 5 heteroatoms. The highest BCUT2D eigenvalue weighted by Crippen LogP contribution is 2.37. The van der Waals surface area contributed by atoms with Gasteiger partial charge in [0, 0.05) is 23.6 Å². The molecule has 0 saturated heterocycles. The maximum atomic E-state index is 10.5. The Bertz CT molecular complexity index is 1130. The van der Waals surface area contributed by atoms with Crippen LogP contribution in [0.15, 0.2) is 54.9 Å². The van der Waals surface area contributed by atoms with Crippen LogP contribution in [-0.2, 0) is 6.42 Å². The van der Waals surface area contributed by atoms with Gasteiger partial charge in [-0.1, -0.05) is 36.8 Å². The molecule has 0 aliphatic carbocycles. The van der Waals surface area contributed by atoms with E-state index >= 15 is 0 Å². The standard InChI is InChI=1S/C22H22N4O/c1-4-16-8-5-7-15(3)19(16)24-21-20(17-13-14(2)9-10-18(17)27)25-22-23-11-6-12-26(21)22/h5-13,24,27H,4H2,1-3H3. The average Bonchev–Trinajstić information content (AvgIpc) is 3.03. The highest BCUT2D eigenvalue weighted by Gasteiger charge is 2.19. The van der Waals surface area contributed by atoms with E-state index in [0.717, 1.165) is 29.1 Å². The van der Waals surface area contributed by atoms with Gasteiger partial charge in [0.05, 0.1) is 0 Å². The predicted octanol–water partition coefficient (Wildman–Crippen LogP) is 5.02. The third-order valence-electron chi connectivity index (χ3n) is 4.79. The summed E-state index contributed by atoms with van der Waals surface area (Å²) in [5, 5.41) is 14.0. The van der Waals surface area contributed by atoms with E-state index < -0.39 is 0 Å². The number of hydrogen-bond donors (Lipinski definition) is 2. The monoisotopic (exact) mass is 358 g/mol. The number of nitrogens with one attached hydrogen (secondary N) is 1. The third-order valence-corrected chi connectivity index (χ3v) is 4.79. The Hall–Kier alpha value is -3.34. The molecule has 2 heterocycles. The number of rotatable bonds is 4. The van der Waals surface area contributed by atoms with Gasteiger partial charge in [-0.25, -0.2) is 9.97 Å². The Kier molecular flexibility index (Phi) is 4.28. The largest absolute Gasteiger partial charge is 0.507 e. The number of imidazole rings is 1. The van der Waals surface area contributed by atoms with Gasteiger partial charge in [0.25, 0.3) is 0 Å². The first-order chi connectivity index (χ1) is 13.1. The molecule has 0 fully saturated rings. The van der Waals surface area contributed by atoms with E-state index in [4.69, 9.17) is 4.98 Å². The number of aryl methyl sites for hydroxylation is 3. The van der Waals surface area contributed by atoms with Crippen molar-refractivity contribution in [1.29, 1.82) is 0 Å². The number of para-hydroxylation sites is 1. The van der Waals surface area contributed by atoms with Crippen molar-refractivity contribution in [2.75, 3.05) is 5.32 Å². The number of phenolic OH excluding ortho intramolecular Hbond substituents is 1. The van der Waals surface area contributed by atoms with Gasteiger partial charge in [-0.2, -0.15) is 0 Å². The van der Waals surface area contributed by atoms with E-state index in [1.165, 1.54) is 5.56 Å². The Balaban J connectivity index is 1.96. The molecule has 5 nitrogen and oxygen atoms in total. The Labute approximate surface area is 158 Å². The Morgan fingerprint density at radius 2 is 1.96 bits per heavy atom. The van der Waals surface area contributed by atoms with E-state index in [9.17, 15) is 5.11 Å². The quantitative estimate of drug-likeness (QED) is 0.537. The lowest BCUT2D eigenvalue weighted by Crippen LogP contribution is -2.02. The second kappa shape index (κ2) is 6.76. The predicted molar refractivity (Wildman–Crippen MR) is 109 cm³/mol. The van der Waals surface area contributed by atoms with Gasteiger partial charge < -0.3 is 10.4 Å². The normalized spacial score (nSPS) is 11.1. The smallest absolute Gasteiger partial charge is 0.235 e. The molecule has 136 valence electrons. The molecule has 2 N–H and O–H groups in total. The molecule has 0 unspecified atom stereocenters. The minimum atomic E-state index is 0.201. The number of aromatic nitrogens is 3. The minimum absolute atomic E-state index is 0.201. The first-order valence-electron chi connectivity index (χ1n) is 9.07. The van der Waals surface area contributed by atoms with Crippen LogP contribution in [0.1, 0.15) is 23.6 Å². The van der Waals surface area contributed by atoms with Crippen LogP contribution >= 0.6 is 0 Å². The van der Waals surface area contributed by atoms with Crippen LogP contribution in [0.5, 0.6) is 5.75 Å². The molecule has 0 spiro atoms. The lowest BCUT2D eigenvalue weighted by molar-refractivity contribution is 0.477. The fourth-order valence-electron chi connectivity index (χ4n) is 3.35. The molecule has 0 amide bonds. The van der Waals surface area contributed by atoms with Crippen molar-refractivity contribution in [2.24, 2.45) is 0 Å². The number of fused-ring (bicyclic) bond motifs is 1. The van der Waals surface area contributed by atoms with Gasteiger partial charge in [-0.15, -0.1) is 0 Å². The highest BCUT2D eigenvalue weighted by molar-refractivity contribution is 5.83. The number of phenols is 1. The summed E-state index contributed by atoms with van der Waals surface area (Å²) in [5.74, 6) is 1.58. The molecule has 2 aromatic carbocycles. The number of benzene rings is 2. The second-order valence-corrected chi connectivity index (χ2v) is 6.71. The summed E-state index contributed by atoms with van der Waals surface area (Å²) in [4.78, 5) is 9.07. The van der Waals surface area contributed by atoms with Crippen LogP contribution in [0, 0.1) is 13.8 Å². The van der Waals surface area contributed by atoms with Crippen LogP contribution in [0.25, 0.3) is 17.0 Å². The molecule has 0 aliphatic rings. The third kappa shape index (κ3) is 3.01. The molecule has 0 saturated carbocycles. The van der Waals surface area contributed by atoms with Crippen molar-refractivity contribution in [1.82, 2.24) is 14.4 Å². The van der Waals surface area contributed by atoms with Gasteiger partial charge in [0.2, 0.25) is 5.78 Å². The zero-order chi connectivity index (χ0) is 19.0. The van der Waals surface area contributed by atoms with Crippen molar-refractivity contribution in [2.45, 2.75) is 27.2 Å². The molecule has 0 aliphatic heterocycles. The van der Waals surface area contributed by atoms with Crippen molar-refractivity contribution in [3.8, 4) is 17.0 Å². The average molecular weight is 358 g/mol. The maximum Gasteiger partial charge on any atom is 0.235 e. The lowest BCUT2D eigenvalue weighted by atomic mass is 10.0. The van der Waals surface area contributed by atoms with Crippen molar-refractivity contribution < 1.29 is 5.11 Å². The van der Waals surface area contributed by atoms with E-state index in [2.05, 4.69) is 42.3 Å². The molecule has 0 radical (unpaired) electrons. The Morgan fingerprint density at radius 3 is 2.78 bits per heavy atom. The van der Waals surface area contributed by atoms with Crippen LogP contribution in [0.3, 0.4) is 0 Å². The van der Waals surface area contributed by atoms with Gasteiger partial charge in [0.15, 0.2) is 0 Å². The molecular weight excluding hydrogens is 336 g/mol. The zero-order valence-corrected chi connectivity index (χ0v) is 15.7. The summed E-state index contributed by atoms with van der Waals surface area (Å²) >= 11 is 0. The van der Waals surface area contributed by atoms with Crippen molar-refractivity contribution in [3.05, 3.63) is 71.5 Å². The SMILES string of the molecule is CCc1cccc(C)c1Nc1c(-c2cc(C)ccc2O)nc2ncccn12. The first kappa shape index (κ1) is 17.1. The van der Waals surface area contributed by atoms with Crippen molar-refractivity contribution >= 4 is 17.3 Å². The second-order valence-electron chi connectivity index (χ2n) is 6.71. The van der Waals surface area contributed by atoms with Crippen LogP contribution < -0.4 is 5.32 Å². The molecule has 27 heavy (non-hydrogen) atoms. The fraction of sp³-hybridized carbons (Fsp3) is 0.182. The summed E-state index contributed by atoms with van der Waals surface area (Å²) in [6.07, 6.45) is 4.57. The van der Waals surface area contributed by atoms with Crippen LogP contribution in [0.4, 0.5) is 11.5 Å². The molecule has 2 aromatic heterocycles. The summed E-state index contributed by atoms with van der Waals surface area (Å²) < 4.78 is 1.92. The summed E-state index contributed by atoms with van der Waals surface area (Å²) in [7, 11) is 0. The summed E-state index contributed by atoms with van der Waals surface area (Å²) in [6.45, 7) is 6.23. The molecule has 0 atom stereocenters. The maximum absolute atomic E-state index is 10.5. The van der Waals surface area contributed by atoms with Gasteiger partial charge in [-0.3, -0.25) is 4.40 Å². The summed E-state index contributed by atoms with van der Waals surface area (Å²) in [6, 6.07) is 13.7. The van der Waals surface area contributed by atoms with E-state index in [1.54, 1.807) is 12.3 Å². The number of hydrogen-bond acceptors (Lipinski definition) is 4. The van der Waals surface area contributed by atoms with Crippen molar-refractivity contribution in [3.63, 3.8) is 0 Å². The number of aromatic hydroxyl groups is 1. The minimum Gasteiger partial charge on any atom is -0.507 e. The van der Waals surface area contributed by atoms with E-state index in [1.807, 2.05) is 35.7 Å². The number of nitrogens with zero attached hydrogens (tertiary/aromatic N) is 3. The topological polar surface area (TPSA) is 62.5 Å². The fourth-order valence-corrected chi connectivity index (χ4v) is 3.35. The Morgan fingerprint density at radius 1 is 1.11 bits per heavy atom. The molecule has 4 rings (SSSR count).